The minimum atomic E-state index is -1.19. The Kier molecular flexibility index (Phi) is 6.01. The summed E-state index contributed by atoms with van der Waals surface area (Å²) in [5.74, 6) is 2.00. The van der Waals surface area contributed by atoms with Crippen LogP contribution in [0.4, 0.5) is 11.6 Å². The van der Waals surface area contributed by atoms with Gasteiger partial charge in [0.25, 0.3) is 0 Å². The lowest BCUT2D eigenvalue weighted by Crippen LogP contribution is -2.55. The molecule has 43 heavy (non-hydrogen) atoms. The van der Waals surface area contributed by atoms with Gasteiger partial charge in [0.2, 0.25) is 5.66 Å². The molecule has 206 valence electrons. The quantitative estimate of drug-likeness (QED) is 0.229. The third kappa shape index (κ3) is 3.93. The molecule has 8 rings (SSSR count). The van der Waals surface area contributed by atoms with Crippen molar-refractivity contribution in [1.82, 2.24) is 30.1 Å². The summed E-state index contributed by atoms with van der Waals surface area (Å²) >= 11 is 1.67. The van der Waals surface area contributed by atoms with Crippen molar-refractivity contribution >= 4 is 45.3 Å². The van der Waals surface area contributed by atoms with E-state index in [-0.39, 0.29) is 0 Å². The number of hydrogen-bond acceptors (Lipinski definition) is 8. The Morgan fingerprint density at radius 2 is 1.40 bits per heavy atom. The fraction of sp³-hybridized carbons (Fsp3) is 0.0294. The van der Waals surface area contributed by atoms with E-state index in [0.717, 1.165) is 50.1 Å². The first kappa shape index (κ1) is 25.1. The zero-order chi connectivity index (χ0) is 28.6. The summed E-state index contributed by atoms with van der Waals surface area (Å²) in [5, 5.41) is 10.9. The van der Waals surface area contributed by atoms with Crippen LogP contribution >= 0.6 is 11.3 Å². The summed E-state index contributed by atoms with van der Waals surface area (Å²) in [6.07, 6.45) is 7.11. The van der Waals surface area contributed by atoms with Crippen molar-refractivity contribution in [3.05, 3.63) is 161 Å². The van der Waals surface area contributed by atoms with Gasteiger partial charge in [0.05, 0.1) is 27.5 Å². The van der Waals surface area contributed by atoms with Crippen molar-refractivity contribution in [2.75, 3.05) is 9.80 Å². The lowest BCUT2D eigenvalue weighted by Gasteiger charge is -2.44. The van der Waals surface area contributed by atoms with Gasteiger partial charge in [0.15, 0.2) is 5.82 Å². The Labute approximate surface area is 251 Å². The Bertz CT molecular complexity index is 2030. The highest BCUT2D eigenvalue weighted by molar-refractivity contribution is 7.11. The number of fused-ring (bicyclic) bond motifs is 1. The minimum absolute atomic E-state index is 0.542. The van der Waals surface area contributed by atoms with Gasteiger partial charge in [-0.3, -0.25) is 14.9 Å². The van der Waals surface area contributed by atoms with Crippen LogP contribution in [-0.4, -0.2) is 30.1 Å². The number of nitrogens with one attached hydrogen (secondary N) is 1. The van der Waals surface area contributed by atoms with Crippen molar-refractivity contribution in [3.8, 4) is 0 Å². The number of nitrogens with zero attached hydrogens (tertiary/aromatic N) is 7. The van der Waals surface area contributed by atoms with Crippen LogP contribution in [0.25, 0.3) is 22.3 Å². The molecule has 9 heteroatoms. The Balaban J connectivity index is 1.58. The predicted molar refractivity (Wildman–Crippen MR) is 170 cm³/mol. The average Bonchev–Trinajstić information content (AvgIpc) is 3.86. The van der Waals surface area contributed by atoms with E-state index in [2.05, 4.69) is 80.0 Å². The Hall–Kier alpha value is -5.67. The minimum Gasteiger partial charge on any atom is -0.287 e. The molecule has 8 nitrogen and oxygen atoms in total. The number of thiophene rings is 1. The molecule has 1 N–H and O–H groups in total. The molecule has 0 spiro atoms. The van der Waals surface area contributed by atoms with E-state index < -0.39 is 5.66 Å². The summed E-state index contributed by atoms with van der Waals surface area (Å²) in [6, 6.07) is 36.7. The second-order valence-corrected chi connectivity index (χ2v) is 10.9. The van der Waals surface area contributed by atoms with E-state index in [1.54, 1.807) is 29.9 Å². The molecule has 0 fully saturated rings. The summed E-state index contributed by atoms with van der Waals surface area (Å²) in [6.45, 7) is 0. The van der Waals surface area contributed by atoms with Crippen LogP contribution in [0.15, 0.2) is 139 Å². The van der Waals surface area contributed by atoms with Crippen LogP contribution in [0.2, 0.25) is 0 Å². The van der Waals surface area contributed by atoms with E-state index in [0.29, 0.717) is 5.82 Å². The molecule has 0 aliphatic carbocycles. The largest absolute Gasteiger partial charge is 0.287 e. The van der Waals surface area contributed by atoms with Gasteiger partial charge in [-0.25, -0.2) is 19.9 Å². The first-order valence-corrected chi connectivity index (χ1v) is 14.7. The maximum atomic E-state index is 5.27. The number of anilines is 2. The first-order chi connectivity index (χ1) is 21.4. The number of aromatic amines is 1. The van der Waals surface area contributed by atoms with Crippen LogP contribution in [-0.2, 0) is 5.66 Å². The first-order valence-electron chi connectivity index (χ1n) is 13.8. The van der Waals surface area contributed by atoms with E-state index in [1.165, 1.54) is 0 Å². The number of benzene rings is 2. The molecule has 1 unspecified atom stereocenters. The molecule has 0 amide bonds. The molecule has 0 saturated heterocycles. The molecular weight excluding hydrogens is 552 g/mol. The molecule has 0 saturated carbocycles. The van der Waals surface area contributed by atoms with Gasteiger partial charge in [-0.05, 0) is 53.9 Å². The lowest BCUT2D eigenvalue weighted by molar-refractivity contribution is 0.499. The summed E-state index contributed by atoms with van der Waals surface area (Å²) < 4.78 is 0. The molecule has 1 atom stereocenters. The zero-order valence-electron chi connectivity index (χ0n) is 22.8. The van der Waals surface area contributed by atoms with Gasteiger partial charge in [-0.15, -0.1) is 11.3 Å². The Morgan fingerprint density at radius 3 is 2.16 bits per heavy atom. The number of rotatable bonds is 6. The third-order valence-corrected chi connectivity index (χ3v) is 8.44. The summed E-state index contributed by atoms with van der Waals surface area (Å²) in [4.78, 5) is 25.6. The van der Waals surface area contributed by atoms with Crippen molar-refractivity contribution < 1.29 is 0 Å². The molecule has 5 aromatic heterocycles. The molecule has 1 aliphatic rings. The van der Waals surface area contributed by atoms with Crippen molar-refractivity contribution in [2.24, 2.45) is 0 Å². The van der Waals surface area contributed by atoms with E-state index in [4.69, 9.17) is 19.9 Å². The molecule has 1 aliphatic heterocycles. The van der Waals surface area contributed by atoms with Crippen LogP contribution in [0.1, 0.15) is 22.0 Å². The SMILES string of the molecule is c1ccc(C2=C(c3cccs3)N(c3ccccn3)C(c3ncccn3)(c3ccn[nH]3)N2c2ccc3ccccc3n2)cc1. The van der Waals surface area contributed by atoms with Crippen molar-refractivity contribution in [1.29, 1.82) is 0 Å². The van der Waals surface area contributed by atoms with Gasteiger partial charge < -0.3 is 0 Å². The molecule has 0 radical (unpaired) electrons. The average molecular weight is 577 g/mol. The fourth-order valence-corrected chi connectivity index (χ4v) is 6.61. The Morgan fingerprint density at radius 1 is 0.605 bits per heavy atom. The zero-order valence-corrected chi connectivity index (χ0v) is 23.6. The van der Waals surface area contributed by atoms with Crippen LogP contribution in [0.5, 0.6) is 0 Å². The van der Waals surface area contributed by atoms with Gasteiger partial charge in [-0.2, -0.15) is 5.10 Å². The summed E-state index contributed by atoms with van der Waals surface area (Å²) in [5.41, 5.74) is 3.37. The molecule has 7 aromatic rings. The van der Waals surface area contributed by atoms with Gasteiger partial charge in [-0.1, -0.05) is 60.7 Å². The predicted octanol–water partition coefficient (Wildman–Crippen LogP) is 6.96. The van der Waals surface area contributed by atoms with E-state index >= 15 is 0 Å². The lowest BCUT2D eigenvalue weighted by atomic mass is 9.99. The monoisotopic (exact) mass is 576 g/mol. The smallest absolute Gasteiger partial charge is 0.229 e. The third-order valence-electron chi connectivity index (χ3n) is 7.57. The summed E-state index contributed by atoms with van der Waals surface area (Å²) in [7, 11) is 0. The van der Waals surface area contributed by atoms with Gasteiger partial charge in [0, 0.05) is 35.7 Å². The highest BCUT2D eigenvalue weighted by Gasteiger charge is 2.59. The standard InChI is InChI=1S/C34H24N8S/c1-2-11-25(12-3-1)31-32(27-14-8-23-43-27)41(29-15-6-7-19-35-29)34(28-18-22-38-40-28,33-36-20-9-21-37-33)42(31)30-17-16-24-10-4-5-13-26(24)39-30/h1-23H,(H,38,40). The van der Waals surface area contributed by atoms with Crippen LogP contribution in [0, 0.1) is 0 Å². The normalized spacial score (nSPS) is 16.7. The van der Waals surface area contributed by atoms with Crippen molar-refractivity contribution in [2.45, 2.75) is 5.66 Å². The second kappa shape index (κ2) is 10.3. The van der Waals surface area contributed by atoms with Gasteiger partial charge in [0.1, 0.15) is 11.6 Å². The maximum Gasteiger partial charge on any atom is 0.229 e. The van der Waals surface area contributed by atoms with Crippen molar-refractivity contribution in [3.63, 3.8) is 0 Å². The van der Waals surface area contributed by atoms with E-state index in [1.807, 2.05) is 60.8 Å². The highest BCUT2D eigenvalue weighted by atomic mass is 32.1. The molecule has 2 aromatic carbocycles. The molecule has 0 bridgehead atoms. The second-order valence-electron chi connectivity index (χ2n) is 9.98. The fourth-order valence-electron chi connectivity index (χ4n) is 5.85. The van der Waals surface area contributed by atoms with Crippen LogP contribution in [0.3, 0.4) is 0 Å². The number of para-hydroxylation sites is 1. The number of hydrogen-bond donors (Lipinski definition) is 1. The highest BCUT2D eigenvalue weighted by Crippen LogP contribution is 2.56. The molecular formula is C34H24N8S. The number of H-pyrrole nitrogens is 1. The topological polar surface area (TPSA) is 86.7 Å². The van der Waals surface area contributed by atoms with Gasteiger partial charge >= 0.3 is 0 Å². The number of pyridine rings is 2. The maximum absolute atomic E-state index is 5.27. The number of aromatic nitrogens is 6. The van der Waals surface area contributed by atoms with Crippen LogP contribution < -0.4 is 9.80 Å². The molecule has 6 heterocycles. The van der Waals surface area contributed by atoms with E-state index in [9.17, 15) is 0 Å².